The van der Waals surface area contributed by atoms with Crippen LogP contribution in [-0.4, -0.2) is 11.7 Å². The van der Waals surface area contributed by atoms with E-state index in [1.807, 2.05) is 12.1 Å². The highest BCUT2D eigenvalue weighted by Crippen LogP contribution is 2.29. The number of thiocarbonyl (C=S) groups is 1. The van der Waals surface area contributed by atoms with E-state index in [0.29, 0.717) is 15.2 Å². The summed E-state index contributed by atoms with van der Waals surface area (Å²) in [4.78, 5) is 0. The van der Waals surface area contributed by atoms with Gasteiger partial charge in [0.1, 0.15) is 0 Å². The van der Waals surface area contributed by atoms with Crippen LogP contribution in [0.3, 0.4) is 0 Å². The van der Waals surface area contributed by atoms with E-state index < -0.39 is 0 Å². The van der Waals surface area contributed by atoms with Crippen LogP contribution >= 0.6 is 35.4 Å². The highest BCUT2D eigenvalue weighted by molar-refractivity contribution is 7.80. The van der Waals surface area contributed by atoms with Gasteiger partial charge in [0.05, 0.1) is 15.7 Å². The second-order valence-corrected chi connectivity index (χ2v) is 6.65. The lowest BCUT2D eigenvalue weighted by atomic mass is 10.1. The monoisotopic (exact) mass is 360 g/mol. The summed E-state index contributed by atoms with van der Waals surface area (Å²) in [5, 5.41) is 7.90. The van der Waals surface area contributed by atoms with Gasteiger partial charge in [0.25, 0.3) is 0 Å². The molecule has 0 saturated carbocycles. The molecule has 0 amide bonds. The molecule has 0 aromatic heterocycles. The van der Waals surface area contributed by atoms with Gasteiger partial charge in [0.2, 0.25) is 0 Å². The van der Waals surface area contributed by atoms with Crippen molar-refractivity contribution in [1.82, 2.24) is 5.32 Å². The van der Waals surface area contributed by atoms with Crippen LogP contribution in [0.2, 0.25) is 10.0 Å². The maximum atomic E-state index is 6.11. The second-order valence-electron chi connectivity index (χ2n) is 5.46. The molecule has 0 aliphatic carbocycles. The van der Waals surface area contributed by atoms with Gasteiger partial charge >= 0.3 is 0 Å². The molecule has 22 heavy (non-hydrogen) atoms. The van der Waals surface area contributed by atoms with Crippen molar-refractivity contribution in [1.29, 1.82) is 0 Å². The number of anilines is 1. The fourth-order valence-electron chi connectivity index (χ4n) is 2.23. The molecule has 0 aliphatic heterocycles. The molecule has 2 N–H and O–H groups in total. The number of hydrogen-bond donors (Lipinski definition) is 2. The molecule has 0 unspecified atom stereocenters. The molecule has 0 atom stereocenters. The maximum absolute atomic E-state index is 6.11. The largest absolute Gasteiger partial charge is 0.362 e. The van der Waals surface area contributed by atoms with Crippen LogP contribution in [-0.2, 0) is 0 Å². The summed E-state index contributed by atoms with van der Waals surface area (Å²) in [7, 11) is 0. The van der Waals surface area contributed by atoms with Crippen LogP contribution < -0.4 is 10.6 Å². The summed E-state index contributed by atoms with van der Waals surface area (Å²) in [6, 6.07) is 5.46. The second kappa shape index (κ2) is 12.0. The van der Waals surface area contributed by atoms with Crippen LogP contribution in [0, 0.1) is 0 Å². The molecule has 0 heterocycles. The lowest BCUT2D eigenvalue weighted by Crippen LogP contribution is -2.29. The highest BCUT2D eigenvalue weighted by Gasteiger charge is 2.05. The van der Waals surface area contributed by atoms with Gasteiger partial charge in [-0.05, 0) is 30.8 Å². The topological polar surface area (TPSA) is 24.1 Å². The first-order valence-electron chi connectivity index (χ1n) is 8.14. The average molecular weight is 361 g/mol. The van der Waals surface area contributed by atoms with E-state index in [9.17, 15) is 0 Å². The van der Waals surface area contributed by atoms with Gasteiger partial charge in [-0.15, -0.1) is 0 Å². The summed E-state index contributed by atoms with van der Waals surface area (Å²) in [6.07, 6.45) is 10.5. The molecule has 0 spiro atoms. The molecule has 0 saturated heterocycles. The van der Waals surface area contributed by atoms with Crippen LogP contribution in [0.15, 0.2) is 18.2 Å². The Kier molecular flexibility index (Phi) is 10.6. The van der Waals surface area contributed by atoms with Crippen LogP contribution in [0.1, 0.15) is 58.3 Å². The fraction of sp³-hybridized carbons (Fsp3) is 0.588. The number of hydrogen-bond acceptors (Lipinski definition) is 1. The molecule has 0 aliphatic rings. The van der Waals surface area contributed by atoms with E-state index in [-0.39, 0.29) is 0 Å². The van der Waals surface area contributed by atoms with Crippen molar-refractivity contribution in [2.45, 2.75) is 58.3 Å². The van der Waals surface area contributed by atoms with Crippen molar-refractivity contribution in [2.24, 2.45) is 0 Å². The van der Waals surface area contributed by atoms with Crippen molar-refractivity contribution < 1.29 is 0 Å². The van der Waals surface area contributed by atoms with Crippen molar-refractivity contribution in [3.63, 3.8) is 0 Å². The lowest BCUT2D eigenvalue weighted by molar-refractivity contribution is 0.573. The predicted molar refractivity (Wildman–Crippen MR) is 103 cm³/mol. The van der Waals surface area contributed by atoms with Crippen molar-refractivity contribution in [3.8, 4) is 0 Å². The third-order valence-electron chi connectivity index (χ3n) is 3.52. The fourth-order valence-corrected chi connectivity index (χ4v) is 2.79. The Hall–Kier alpha value is -0.510. The molecule has 1 aromatic rings. The molecule has 1 aromatic carbocycles. The first-order valence-corrected chi connectivity index (χ1v) is 9.30. The molecular formula is C17H26Cl2N2S. The Morgan fingerprint density at radius 2 is 1.64 bits per heavy atom. The van der Waals surface area contributed by atoms with Gasteiger partial charge in [0.15, 0.2) is 5.11 Å². The van der Waals surface area contributed by atoms with Crippen molar-refractivity contribution in [2.75, 3.05) is 11.9 Å². The Morgan fingerprint density at radius 1 is 1.00 bits per heavy atom. The summed E-state index contributed by atoms with van der Waals surface area (Å²) >= 11 is 17.3. The maximum Gasteiger partial charge on any atom is 0.170 e. The normalized spacial score (nSPS) is 10.5. The number of rotatable bonds is 10. The molecular weight excluding hydrogens is 335 g/mol. The number of unbranched alkanes of at least 4 members (excludes halogenated alkanes) is 7. The molecule has 2 nitrogen and oxygen atoms in total. The molecule has 0 radical (unpaired) electrons. The standard InChI is InChI=1S/C17H26Cl2N2S/c1-2-3-4-5-6-7-8-9-13-20-17(22)21-15-12-10-11-14(18)16(15)19/h10-12H,2-9,13H2,1H3,(H2,20,21,22). The molecule has 124 valence electrons. The summed E-state index contributed by atoms with van der Waals surface area (Å²) in [5.41, 5.74) is 0.739. The summed E-state index contributed by atoms with van der Waals surface area (Å²) in [6.45, 7) is 3.14. The Labute approximate surface area is 150 Å². The van der Waals surface area contributed by atoms with Gasteiger partial charge in [-0.1, -0.05) is 81.1 Å². The van der Waals surface area contributed by atoms with Crippen molar-refractivity contribution >= 4 is 46.2 Å². The minimum absolute atomic E-state index is 0.500. The Balaban J connectivity index is 2.08. The highest BCUT2D eigenvalue weighted by atomic mass is 35.5. The molecule has 0 fully saturated rings. The molecule has 1 rings (SSSR count). The number of nitrogens with one attached hydrogen (secondary N) is 2. The van der Waals surface area contributed by atoms with E-state index in [0.717, 1.165) is 18.7 Å². The zero-order valence-corrected chi connectivity index (χ0v) is 15.6. The number of halogens is 2. The van der Waals surface area contributed by atoms with Crippen molar-refractivity contribution in [3.05, 3.63) is 28.2 Å². The van der Waals surface area contributed by atoms with Crippen LogP contribution in [0.5, 0.6) is 0 Å². The van der Waals surface area contributed by atoms with Gasteiger partial charge < -0.3 is 10.6 Å². The van der Waals surface area contributed by atoms with Crippen LogP contribution in [0.4, 0.5) is 5.69 Å². The van der Waals surface area contributed by atoms with Gasteiger partial charge in [-0.3, -0.25) is 0 Å². The molecule has 5 heteroatoms. The smallest absolute Gasteiger partial charge is 0.170 e. The molecule has 0 bridgehead atoms. The van der Waals surface area contributed by atoms with E-state index in [4.69, 9.17) is 35.4 Å². The van der Waals surface area contributed by atoms with Gasteiger partial charge in [0, 0.05) is 6.54 Å². The SMILES string of the molecule is CCCCCCCCCCNC(=S)Nc1cccc(Cl)c1Cl. The van der Waals surface area contributed by atoms with Gasteiger partial charge in [-0.25, -0.2) is 0 Å². The number of benzene rings is 1. The zero-order chi connectivity index (χ0) is 16.2. The minimum Gasteiger partial charge on any atom is -0.362 e. The van der Waals surface area contributed by atoms with Gasteiger partial charge in [-0.2, -0.15) is 0 Å². The average Bonchev–Trinajstić information content (AvgIpc) is 2.50. The van der Waals surface area contributed by atoms with E-state index in [1.165, 1.54) is 44.9 Å². The quantitative estimate of drug-likeness (QED) is 0.371. The lowest BCUT2D eigenvalue weighted by Gasteiger charge is -2.12. The van der Waals surface area contributed by atoms with E-state index in [2.05, 4.69) is 17.6 Å². The Bertz CT molecular complexity index is 452. The first kappa shape index (κ1) is 19.5. The third kappa shape index (κ3) is 8.21. The summed E-state index contributed by atoms with van der Waals surface area (Å²) in [5.74, 6) is 0. The van der Waals surface area contributed by atoms with Crippen LogP contribution in [0.25, 0.3) is 0 Å². The zero-order valence-electron chi connectivity index (χ0n) is 13.3. The third-order valence-corrected chi connectivity index (χ3v) is 4.58. The summed E-state index contributed by atoms with van der Waals surface area (Å²) < 4.78 is 0. The first-order chi connectivity index (χ1) is 10.6. The predicted octanol–water partition coefficient (Wildman–Crippen LogP) is 6.42. The van der Waals surface area contributed by atoms with E-state index >= 15 is 0 Å². The van der Waals surface area contributed by atoms with E-state index in [1.54, 1.807) is 6.07 Å². The minimum atomic E-state index is 0.500. The Morgan fingerprint density at radius 3 is 2.32 bits per heavy atom.